The third-order valence-corrected chi connectivity index (χ3v) is 11.4. The highest BCUT2D eigenvalue weighted by Crippen LogP contribution is 2.72. The van der Waals surface area contributed by atoms with E-state index in [2.05, 4.69) is 48.5 Å². The van der Waals surface area contributed by atoms with E-state index in [1.165, 1.54) is 18.4 Å². The van der Waals surface area contributed by atoms with Gasteiger partial charge in [-0.1, -0.05) is 85.7 Å². The van der Waals surface area contributed by atoms with Crippen LogP contribution >= 0.6 is 0 Å². The molecule has 0 heterocycles. The Labute approximate surface area is 202 Å². The lowest BCUT2D eigenvalue weighted by molar-refractivity contribution is -0.0998. The SMILES string of the molecule is [3H]C([3H])([3H])[C@]12C3=C(CC[C@]1(C)[C@@H]([C@H](C)CCCC(C)C)C[C@H]2O)[C@@]1(C)CC[C@H](O)C(C)(C)[C@@H]1CC3. The molecule has 2 fully saturated rings. The molecular weight excluding hydrogens is 392 g/mol. The minimum Gasteiger partial charge on any atom is -0.393 e. The Kier molecular flexibility index (Phi) is 5.32. The van der Waals surface area contributed by atoms with E-state index in [1.807, 2.05) is 0 Å². The molecule has 0 aromatic heterocycles. The second-order valence-electron chi connectivity index (χ2n) is 13.7. The molecule has 0 saturated heterocycles. The van der Waals surface area contributed by atoms with Gasteiger partial charge in [0.15, 0.2) is 0 Å². The normalized spacial score (nSPS) is 48.4. The Bertz CT molecular complexity index is 845. The summed E-state index contributed by atoms with van der Waals surface area (Å²) in [6.45, 7) is 13.6. The Hall–Kier alpha value is -0.340. The lowest BCUT2D eigenvalue weighted by Crippen LogP contribution is -2.56. The maximum absolute atomic E-state index is 11.8. The summed E-state index contributed by atoms with van der Waals surface area (Å²) in [5, 5.41) is 22.7. The van der Waals surface area contributed by atoms with Gasteiger partial charge in [0.25, 0.3) is 0 Å². The van der Waals surface area contributed by atoms with Gasteiger partial charge in [-0.25, -0.2) is 0 Å². The number of rotatable bonds is 5. The van der Waals surface area contributed by atoms with Gasteiger partial charge in [-0.2, -0.15) is 0 Å². The summed E-state index contributed by atoms with van der Waals surface area (Å²) in [4.78, 5) is 0. The third kappa shape index (κ3) is 3.32. The van der Waals surface area contributed by atoms with E-state index in [-0.39, 0.29) is 22.9 Å². The van der Waals surface area contributed by atoms with Crippen molar-refractivity contribution in [3.05, 3.63) is 11.1 Å². The van der Waals surface area contributed by atoms with Crippen molar-refractivity contribution in [2.75, 3.05) is 0 Å². The predicted octanol–water partition coefficient (Wildman–Crippen LogP) is 7.53. The van der Waals surface area contributed by atoms with Crippen LogP contribution in [0.1, 0.15) is 124 Å². The van der Waals surface area contributed by atoms with Crippen LogP contribution in [-0.2, 0) is 0 Å². The zero-order valence-electron chi connectivity index (χ0n) is 24.9. The van der Waals surface area contributed by atoms with E-state index in [4.69, 9.17) is 4.11 Å². The summed E-state index contributed by atoms with van der Waals surface area (Å²) in [6.07, 6.45) is 8.14. The van der Waals surface area contributed by atoms with Crippen LogP contribution in [-0.4, -0.2) is 22.4 Å². The Morgan fingerprint density at radius 2 is 1.66 bits per heavy atom. The molecule has 2 nitrogen and oxygen atoms in total. The van der Waals surface area contributed by atoms with Gasteiger partial charge in [0, 0.05) is 9.53 Å². The maximum atomic E-state index is 11.8. The summed E-state index contributed by atoms with van der Waals surface area (Å²) >= 11 is 0. The van der Waals surface area contributed by atoms with E-state index in [0.717, 1.165) is 50.5 Å². The second kappa shape index (κ2) is 8.11. The molecule has 0 aliphatic heterocycles. The molecule has 32 heavy (non-hydrogen) atoms. The van der Waals surface area contributed by atoms with Crippen LogP contribution in [0.15, 0.2) is 11.1 Å². The molecule has 0 bridgehead atoms. The van der Waals surface area contributed by atoms with Crippen LogP contribution < -0.4 is 0 Å². The van der Waals surface area contributed by atoms with Gasteiger partial charge in [-0.15, -0.1) is 0 Å². The highest BCUT2D eigenvalue weighted by Gasteiger charge is 2.66. The fourth-order valence-electron chi connectivity index (χ4n) is 9.32. The number of aliphatic hydroxyl groups is 2. The molecule has 184 valence electrons. The zero-order valence-corrected chi connectivity index (χ0v) is 21.9. The molecule has 4 rings (SSSR count). The van der Waals surface area contributed by atoms with Gasteiger partial charge in [0.05, 0.1) is 12.2 Å². The number of hydrogen-bond donors (Lipinski definition) is 2. The zero-order chi connectivity index (χ0) is 26.2. The van der Waals surface area contributed by atoms with Crippen molar-refractivity contribution in [3.63, 3.8) is 0 Å². The molecular formula is C30H52O2. The fourth-order valence-corrected chi connectivity index (χ4v) is 9.32. The summed E-state index contributed by atoms with van der Waals surface area (Å²) in [6, 6.07) is 0. The van der Waals surface area contributed by atoms with E-state index < -0.39 is 23.8 Å². The second-order valence-corrected chi connectivity index (χ2v) is 13.7. The van der Waals surface area contributed by atoms with Crippen molar-refractivity contribution >= 4 is 0 Å². The first-order valence-electron chi connectivity index (χ1n) is 15.1. The van der Waals surface area contributed by atoms with E-state index in [0.29, 0.717) is 24.2 Å². The smallest absolute Gasteiger partial charge is 0.0639 e. The van der Waals surface area contributed by atoms with Crippen LogP contribution in [0.4, 0.5) is 0 Å². The van der Waals surface area contributed by atoms with Gasteiger partial charge < -0.3 is 10.2 Å². The first-order valence-corrected chi connectivity index (χ1v) is 13.6. The van der Waals surface area contributed by atoms with Crippen LogP contribution in [0.2, 0.25) is 0 Å². The monoisotopic (exact) mass is 450 g/mol. The molecule has 0 aromatic carbocycles. The average molecular weight is 451 g/mol. The first-order chi connectivity index (χ1) is 16.0. The summed E-state index contributed by atoms with van der Waals surface area (Å²) in [5.41, 5.74) is 0.619. The Balaban J connectivity index is 1.80. The number of hydrogen-bond acceptors (Lipinski definition) is 2. The summed E-state index contributed by atoms with van der Waals surface area (Å²) < 4.78 is 26.9. The van der Waals surface area contributed by atoms with Gasteiger partial charge in [-0.3, -0.25) is 0 Å². The van der Waals surface area contributed by atoms with Gasteiger partial charge in [-0.05, 0) is 84.9 Å². The molecule has 2 N–H and O–H groups in total. The van der Waals surface area contributed by atoms with E-state index in [1.54, 1.807) is 0 Å². The van der Waals surface area contributed by atoms with Gasteiger partial charge >= 0.3 is 0 Å². The maximum Gasteiger partial charge on any atom is 0.0639 e. The number of aliphatic hydroxyl groups excluding tert-OH is 2. The van der Waals surface area contributed by atoms with Crippen LogP contribution in [0.5, 0.6) is 0 Å². The van der Waals surface area contributed by atoms with E-state index >= 15 is 0 Å². The molecule has 4 aliphatic carbocycles. The molecule has 8 atom stereocenters. The molecule has 0 radical (unpaired) electrons. The van der Waals surface area contributed by atoms with Crippen LogP contribution in [0.25, 0.3) is 0 Å². The molecule has 0 unspecified atom stereocenters. The largest absolute Gasteiger partial charge is 0.393 e. The predicted molar refractivity (Wildman–Crippen MR) is 134 cm³/mol. The highest BCUT2D eigenvalue weighted by atomic mass is 16.3. The lowest BCUT2D eigenvalue weighted by Gasteiger charge is -2.62. The van der Waals surface area contributed by atoms with Gasteiger partial charge in [0.1, 0.15) is 0 Å². The molecule has 2 saturated carbocycles. The average Bonchev–Trinajstić information content (AvgIpc) is 2.99. The molecule has 0 spiro atoms. The first kappa shape index (κ1) is 21.0. The fraction of sp³-hybridized carbons (Fsp3) is 0.933. The Morgan fingerprint density at radius 3 is 2.31 bits per heavy atom. The number of fused-ring (bicyclic) bond motifs is 4. The van der Waals surface area contributed by atoms with Crippen molar-refractivity contribution in [2.45, 2.75) is 132 Å². The van der Waals surface area contributed by atoms with Crippen molar-refractivity contribution in [2.24, 2.45) is 45.3 Å². The highest BCUT2D eigenvalue weighted by molar-refractivity contribution is 5.40. The molecule has 0 amide bonds. The third-order valence-electron chi connectivity index (χ3n) is 11.4. The standard InChI is InChI=1S/C30H52O2/c1-19(2)10-9-11-20(3)23-18-26(32)30(8)22-12-13-24-27(4,5)25(31)15-16-28(24,6)21(22)14-17-29(23,30)7/h19-20,23-26,31-32H,9-18H2,1-8H3/t20-,23-,24+,25+,26-,28-,29-,30-/m1/s1/i8T3. The van der Waals surface area contributed by atoms with E-state index in [9.17, 15) is 10.2 Å². The lowest BCUT2D eigenvalue weighted by atomic mass is 9.43. The quantitative estimate of drug-likeness (QED) is 0.425. The topological polar surface area (TPSA) is 40.5 Å². The molecule has 0 aromatic rings. The van der Waals surface area contributed by atoms with Crippen molar-refractivity contribution in [1.29, 1.82) is 0 Å². The minimum atomic E-state index is -2.23. The van der Waals surface area contributed by atoms with Crippen molar-refractivity contribution in [1.82, 2.24) is 0 Å². The number of allylic oxidation sites excluding steroid dienone is 1. The van der Waals surface area contributed by atoms with Crippen molar-refractivity contribution < 1.29 is 14.3 Å². The summed E-state index contributed by atoms with van der Waals surface area (Å²) in [7, 11) is 0. The molecule has 4 aliphatic rings. The van der Waals surface area contributed by atoms with Crippen LogP contribution in [0, 0.1) is 45.3 Å². The van der Waals surface area contributed by atoms with Crippen molar-refractivity contribution in [3.8, 4) is 0 Å². The van der Waals surface area contributed by atoms with Crippen LogP contribution in [0.3, 0.4) is 0 Å². The molecule has 2 heteroatoms. The minimum absolute atomic E-state index is 0.0867. The van der Waals surface area contributed by atoms with Gasteiger partial charge in [0.2, 0.25) is 0 Å². The summed E-state index contributed by atoms with van der Waals surface area (Å²) in [5.74, 6) is 1.68. The Morgan fingerprint density at radius 1 is 0.938 bits per heavy atom.